The second kappa shape index (κ2) is 6.21. The van der Waals surface area contributed by atoms with Gasteiger partial charge in [0.1, 0.15) is 5.82 Å². The van der Waals surface area contributed by atoms with E-state index in [4.69, 9.17) is 11.6 Å². The van der Waals surface area contributed by atoms with E-state index in [0.29, 0.717) is 23.0 Å². The van der Waals surface area contributed by atoms with Crippen LogP contribution in [0.5, 0.6) is 0 Å². The van der Waals surface area contributed by atoms with E-state index < -0.39 is 0 Å². The minimum atomic E-state index is -0.276. The van der Waals surface area contributed by atoms with Gasteiger partial charge in [0.15, 0.2) is 0 Å². The van der Waals surface area contributed by atoms with Crippen LogP contribution in [0.15, 0.2) is 18.2 Å². The average molecular weight is 285 g/mol. The highest BCUT2D eigenvalue weighted by Crippen LogP contribution is 2.22. The molecule has 1 fully saturated rings. The molecule has 0 bridgehead atoms. The third-order valence-electron chi connectivity index (χ3n) is 3.92. The Kier molecular flexibility index (Phi) is 4.82. The first-order valence-electron chi connectivity index (χ1n) is 6.88. The number of hydrogen-bond acceptors (Lipinski definition) is 2. The molecule has 0 spiro atoms. The lowest BCUT2D eigenvalue weighted by molar-refractivity contribution is 0.116. The lowest BCUT2D eigenvalue weighted by atomic mass is 9.99. The van der Waals surface area contributed by atoms with Gasteiger partial charge in [-0.2, -0.15) is 0 Å². The molecule has 1 heterocycles. The summed E-state index contributed by atoms with van der Waals surface area (Å²) in [7, 11) is 0. The second-order valence-corrected chi connectivity index (χ2v) is 6.18. The lowest BCUT2D eigenvalue weighted by Crippen LogP contribution is -2.56. The third kappa shape index (κ3) is 3.68. The van der Waals surface area contributed by atoms with Crippen LogP contribution in [0.4, 0.5) is 4.39 Å². The zero-order valence-electron chi connectivity index (χ0n) is 11.8. The monoisotopic (exact) mass is 284 g/mol. The van der Waals surface area contributed by atoms with Crippen molar-refractivity contribution in [3.63, 3.8) is 0 Å². The largest absolute Gasteiger partial charge is 0.311 e. The second-order valence-electron chi connectivity index (χ2n) is 5.77. The topological polar surface area (TPSA) is 15.3 Å². The average Bonchev–Trinajstić information content (AvgIpc) is 2.34. The predicted octanol–water partition coefficient (Wildman–Crippen LogP) is 3.30. The molecule has 1 aromatic carbocycles. The molecule has 2 rings (SSSR count). The summed E-state index contributed by atoms with van der Waals surface area (Å²) in [5.41, 5.74) is 0.999. The summed E-state index contributed by atoms with van der Waals surface area (Å²) in [6, 6.07) is 5.64. The van der Waals surface area contributed by atoms with Crippen LogP contribution in [0.25, 0.3) is 0 Å². The molecule has 19 heavy (non-hydrogen) atoms. The molecule has 1 aliphatic heterocycles. The van der Waals surface area contributed by atoms with Gasteiger partial charge in [-0.05, 0) is 30.5 Å². The summed E-state index contributed by atoms with van der Waals surface area (Å²) in [5, 5.41) is 4.09. The molecule has 106 valence electrons. The van der Waals surface area contributed by atoms with Gasteiger partial charge < -0.3 is 5.32 Å². The van der Waals surface area contributed by atoms with E-state index in [9.17, 15) is 4.39 Å². The van der Waals surface area contributed by atoms with Crippen molar-refractivity contribution in [2.75, 3.05) is 13.1 Å². The molecular formula is C15H22ClFN2. The van der Waals surface area contributed by atoms with Crippen molar-refractivity contribution in [2.24, 2.45) is 5.92 Å². The number of benzene rings is 1. The van der Waals surface area contributed by atoms with Crippen LogP contribution in [-0.2, 0) is 6.54 Å². The molecular weight excluding hydrogens is 263 g/mol. The minimum Gasteiger partial charge on any atom is -0.311 e. The van der Waals surface area contributed by atoms with E-state index in [2.05, 4.69) is 31.0 Å². The van der Waals surface area contributed by atoms with Crippen LogP contribution in [0.2, 0.25) is 5.02 Å². The zero-order chi connectivity index (χ0) is 14.0. The molecule has 1 N–H and O–H groups in total. The fourth-order valence-corrected chi connectivity index (χ4v) is 2.71. The first kappa shape index (κ1) is 14.8. The Morgan fingerprint density at radius 2 is 2.21 bits per heavy atom. The summed E-state index contributed by atoms with van der Waals surface area (Å²) in [6.45, 7) is 9.45. The highest BCUT2D eigenvalue weighted by molar-refractivity contribution is 6.31. The summed E-state index contributed by atoms with van der Waals surface area (Å²) in [6.07, 6.45) is 0. The Labute approximate surface area is 119 Å². The number of nitrogens with zero attached hydrogens (tertiary/aromatic N) is 1. The smallest absolute Gasteiger partial charge is 0.124 e. The minimum absolute atomic E-state index is 0.276. The van der Waals surface area contributed by atoms with Gasteiger partial charge >= 0.3 is 0 Å². The van der Waals surface area contributed by atoms with Crippen LogP contribution in [0.3, 0.4) is 0 Å². The van der Waals surface area contributed by atoms with Gasteiger partial charge in [-0.15, -0.1) is 0 Å². The van der Waals surface area contributed by atoms with Crippen LogP contribution in [0.1, 0.15) is 26.3 Å². The number of hydrogen-bond donors (Lipinski definition) is 1. The van der Waals surface area contributed by atoms with Crippen molar-refractivity contribution in [1.82, 2.24) is 10.2 Å². The van der Waals surface area contributed by atoms with Gasteiger partial charge in [0, 0.05) is 36.7 Å². The molecule has 1 saturated heterocycles. The maximum atomic E-state index is 13.1. The van der Waals surface area contributed by atoms with Crippen molar-refractivity contribution in [3.8, 4) is 0 Å². The maximum Gasteiger partial charge on any atom is 0.124 e. The van der Waals surface area contributed by atoms with Crippen LogP contribution < -0.4 is 5.32 Å². The summed E-state index contributed by atoms with van der Waals surface area (Å²) < 4.78 is 13.1. The van der Waals surface area contributed by atoms with Crippen LogP contribution in [0, 0.1) is 11.7 Å². The van der Waals surface area contributed by atoms with Gasteiger partial charge in [-0.3, -0.25) is 4.90 Å². The molecule has 2 atom stereocenters. The fourth-order valence-electron chi connectivity index (χ4n) is 2.48. The molecule has 0 aromatic heterocycles. The molecule has 2 unspecified atom stereocenters. The van der Waals surface area contributed by atoms with Crippen molar-refractivity contribution in [2.45, 2.75) is 39.4 Å². The predicted molar refractivity (Wildman–Crippen MR) is 77.9 cm³/mol. The van der Waals surface area contributed by atoms with Crippen molar-refractivity contribution in [3.05, 3.63) is 34.6 Å². The van der Waals surface area contributed by atoms with Gasteiger partial charge in [-0.25, -0.2) is 4.39 Å². The number of halogens is 2. The first-order valence-corrected chi connectivity index (χ1v) is 7.26. The Bertz CT molecular complexity index is 436. The summed E-state index contributed by atoms with van der Waals surface area (Å²) in [5.74, 6) is 0.334. The number of nitrogens with one attached hydrogen (secondary N) is 1. The van der Waals surface area contributed by atoms with Crippen molar-refractivity contribution in [1.29, 1.82) is 0 Å². The Morgan fingerprint density at radius 3 is 2.84 bits per heavy atom. The zero-order valence-corrected chi connectivity index (χ0v) is 12.5. The molecule has 0 amide bonds. The highest BCUT2D eigenvalue weighted by atomic mass is 35.5. The third-order valence-corrected chi connectivity index (χ3v) is 4.28. The molecule has 0 saturated carbocycles. The maximum absolute atomic E-state index is 13.1. The highest BCUT2D eigenvalue weighted by Gasteiger charge is 2.26. The van der Waals surface area contributed by atoms with Crippen LogP contribution >= 0.6 is 11.6 Å². The molecule has 0 radical (unpaired) electrons. The van der Waals surface area contributed by atoms with E-state index in [1.165, 1.54) is 12.1 Å². The summed E-state index contributed by atoms with van der Waals surface area (Å²) in [4.78, 5) is 2.42. The van der Waals surface area contributed by atoms with E-state index in [1.807, 2.05) is 0 Å². The van der Waals surface area contributed by atoms with E-state index in [0.717, 1.165) is 25.2 Å². The van der Waals surface area contributed by atoms with E-state index >= 15 is 0 Å². The number of rotatable bonds is 3. The van der Waals surface area contributed by atoms with Crippen molar-refractivity contribution >= 4 is 11.6 Å². The summed E-state index contributed by atoms with van der Waals surface area (Å²) >= 11 is 6.11. The SMILES string of the molecule is CC(C)C1CN(Cc2ccc(F)cc2Cl)C(C)CN1. The lowest BCUT2D eigenvalue weighted by Gasteiger charge is -2.40. The van der Waals surface area contributed by atoms with Gasteiger partial charge in [0.25, 0.3) is 0 Å². The molecule has 2 nitrogen and oxygen atoms in total. The van der Waals surface area contributed by atoms with E-state index in [-0.39, 0.29) is 5.82 Å². The normalized spacial score (nSPS) is 24.9. The van der Waals surface area contributed by atoms with Crippen LogP contribution in [-0.4, -0.2) is 30.1 Å². The molecule has 1 aromatic rings. The van der Waals surface area contributed by atoms with Crippen molar-refractivity contribution < 1.29 is 4.39 Å². The Morgan fingerprint density at radius 1 is 1.47 bits per heavy atom. The molecule has 0 aliphatic carbocycles. The Hall–Kier alpha value is -0.640. The van der Waals surface area contributed by atoms with E-state index in [1.54, 1.807) is 6.07 Å². The molecule has 1 aliphatic rings. The first-order chi connectivity index (χ1) is 8.97. The van der Waals surface area contributed by atoms with Gasteiger partial charge in [-0.1, -0.05) is 31.5 Å². The quantitative estimate of drug-likeness (QED) is 0.916. The number of piperazine rings is 1. The van der Waals surface area contributed by atoms with Gasteiger partial charge in [0.05, 0.1) is 0 Å². The standard InChI is InChI=1S/C15H22ClFN2/c1-10(2)15-9-19(11(3)7-18-15)8-12-4-5-13(17)6-14(12)16/h4-6,10-11,15,18H,7-9H2,1-3H3. The van der Waals surface area contributed by atoms with Gasteiger partial charge in [0.2, 0.25) is 0 Å². The Balaban J connectivity index is 2.07. The fraction of sp³-hybridized carbons (Fsp3) is 0.600. The molecule has 4 heteroatoms.